The molecule has 1 aliphatic heterocycles. The van der Waals surface area contributed by atoms with Crippen molar-refractivity contribution in [3.8, 4) is 0 Å². The van der Waals surface area contributed by atoms with Crippen molar-refractivity contribution in [1.82, 2.24) is 10.2 Å². The predicted molar refractivity (Wildman–Crippen MR) is 108 cm³/mol. The second kappa shape index (κ2) is 10.4. The van der Waals surface area contributed by atoms with Crippen LogP contribution in [0.3, 0.4) is 0 Å². The van der Waals surface area contributed by atoms with Crippen molar-refractivity contribution in [2.45, 2.75) is 25.2 Å². The van der Waals surface area contributed by atoms with Crippen molar-refractivity contribution < 1.29 is 0 Å². The maximum Gasteiger partial charge on any atom is 0.193 e. The summed E-state index contributed by atoms with van der Waals surface area (Å²) >= 11 is 1.97. The molecular formula is C17H28IN3S. The van der Waals surface area contributed by atoms with Crippen LogP contribution in [0.25, 0.3) is 0 Å². The van der Waals surface area contributed by atoms with Crippen LogP contribution < -0.4 is 5.32 Å². The van der Waals surface area contributed by atoms with Gasteiger partial charge in [0, 0.05) is 37.3 Å². The predicted octanol–water partition coefficient (Wildman–Crippen LogP) is 3.95. The second-order valence-electron chi connectivity index (χ2n) is 6.05. The standard InChI is InChI=1S/C17H27N3S.HI/c1-14(2)11-19-17(18-3)20-10-9-15(12-20)13-21-16-7-5-4-6-8-16;/h4-8,14-15H,9-13H2,1-3H3,(H,18,19);1H. The molecule has 0 aromatic heterocycles. The molecule has 0 spiro atoms. The zero-order valence-electron chi connectivity index (χ0n) is 13.8. The van der Waals surface area contributed by atoms with Crippen molar-refractivity contribution in [1.29, 1.82) is 0 Å². The molecule has 1 atom stereocenters. The van der Waals surface area contributed by atoms with Gasteiger partial charge >= 0.3 is 0 Å². The number of hydrogen-bond donors (Lipinski definition) is 1. The Morgan fingerprint density at radius 1 is 1.36 bits per heavy atom. The first-order chi connectivity index (χ1) is 10.2. The van der Waals surface area contributed by atoms with Crippen molar-refractivity contribution in [3.63, 3.8) is 0 Å². The van der Waals surface area contributed by atoms with E-state index in [0.29, 0.717) is 5.92 Å². The van der Waals surface area contributed by atoms with Crippen LogP contribution in [0.15, 0.2) is 40.2 Å². The van der Waals surface area contributed by atoms with E-state index < -0.39 is 0 Å². The lowest BCUT2D eigenvalue weighted by atomic mass is 10.2. The van der Waals surface area contributed by atoms with Gasteiger partial charge in [0.05, 0.1) is 0 Å². The van der Waals surface area contributed by atoms with E-state index in [4.69, 9.17) is 0 Å². The molecule has 0 radical (unpaired) electrons. The van der Waals surface area contributed by atoms with Gasteiger partial charge in [-0.05, 0) is 30.4 Å². The van der Waals surface area contributed by atoms with E-state index in [0.717, 1.165) is 31.5 Å². The highest BCUT2D eigenvalue weighted by Gasteiger charge is 2.24. The van der Waals surface area contributed by atoms with E-state index in [9.17, 15) is 0 Å². The normalized spacial score (nSPS) is 18.5. The molecule has 0 amide bonds. The molecule has 0 bridgehead atoms. The monoisotopic (exact) mass is 433 g/mol. The Labute approximate surface area is 156 Å². The van der Waals surface area contributed by atoms with Crippen LogP contribution in [-0.2, 0) is 0 Å². The Morgan fingerprint density at radius 3 is 2.73 bits per heavy atom. The molecule has 124 valence electrons. The van der Waals surface area contributed by atoms with E-state index in [-0.39, 0.29) is 24.0 Å². The van der Waals surface area contributed by atoms with E-state index in [1.54, 1.807) is 0 Å². The summed E-state index contributed by atoms with van der Waals surface area (Å²) in [5.74, 6) is 3.67. The van der Waals surface area contributed by atoms with Crippen LogP contribution in [0, 0.1) is 11.8 Å². The lowest BCUT2D eigenvalue weighted by molar-refractivity contribution is 0.466. The van der Waals surface area contributed by atoms with E-state index in [2.05, 4.69) is 59.4 Å². The molecule has 1 fully saturated rings. The number of hydrogen-bond acceptors (Lipinski definition) is 2. The van der Waals surface area contributed by atoms with Gasteiger partial charge in [-0.25, -0.2) is 0 Å². The number of nitrogens with one attached hydrogen (secondary N) is 1. The maximum absolute atomic E-state index is 4.42. The summed E-state index contributed by atoms with van der Waals surface area (Å²) < 4.78 is 0. The third-order valence-corrected chi connectivity index (χ3v) is 4.94. The number of aliphatic imine (C=N–C) groups is 1. The summed E-state index contributed by atoms with van der Waals surface area (Å²) in [5, 5.41) is 3.47. The minimum absolute atomic E-state index is 0. The molecule has 1 aromatic carbocycles. The van der Waals surface area contributed by atoms with Crippen LogP contribution in [0.5, 0.6) is 0 Å². The molecule has 1 saturated heterocycles. The highest BCUT2D eigenvalue weighted by molar-refractivity contribution is 14.0. The molecule has 0 aliphatic carbocycles. The molecule has 3 nitrogen and oxygen atoms in total. The molecule has 1 aromatic rings. The first-order valence-electron chi connectivity index (χ1n) is 7.82. The summed E-state index contributed by atoms with van der Waals surface area (Å²) in [6.45, 7) is 7.69. The SMILES string of the molecule is CN=C(NCC(C)C)N1CCC(CSc2ccccc2)C1.I. The minimum atomic E-state index is 0. The molecular weight excluding hydrogens is 405 g/mol. The van der Waals surface area contributed by atoms with Gasteiger partial charge < -0.3 is 10.2 Å². The van der Waals surface area contributed by atoms with Crippen LogP contribution in [-0.4, -0.2) is 43.3 Å². The van der Waals surface area contributed by atoms with Gasteiger partial charge in [-0.2, -0.15) is 0 Å². The average Bonchev–Trinajstić information content (AvgIpc) is 2.95. The van der Waals surface area contributed by atoms with Crippen LogP contribution in [0.2, 0.25) is 0 Å². The number of benzene rings is 1. The number of halogens is 1. The third-order valence-electron chi connectivity index (χ3n) is 3.69. The quantitative estimate of drug-likeness (QED) is 0.330. The lowest BCUT2D eigenvalue weighted by Crippen LogP contribution is -2.41. The van der Waals surface area contributed by atoms with Crippen molar-refractivity contribution in [2.75, 3.05) is 32.4 Å². The molecule has 2 rings (SSSR count). The summed E-state index contributed by atoms with van der Waals surface area (Å²) in [4.78, 5) is 8.19. The molecule has 22 heavy (non-hydrogen) atoms. The van der Waals surface area contributed by atoms with Gasteiger partial charge in [-0.3, -0.25) is 4.99 Å². The van der Waals surface area contributed by atoms with Crippen LogP contribution in [0.4, 0.5) is 0 Å². The van der Waals surface area contributed by atoms with Crippen molar-refractivity contribution >= 4 is 41.7 Å². The van der Waals surface area contributed by atoms with Crippen LogP contribution in [0.1, 0.15) is 20.3 Å². The van der Waals surface area contributed by atoms with Gasteiger partial charge in [-0.1, -0.05) is 32.0 Å². The largest absolute Gasteiger partial charge is 0.356 e. The topological polar surface area (TPSA) is 27.6 Å². The Morgan fingerprint density at radius 2 is 2.09 bits per heavy atom. The molecule has 1 N–H and O–H groups in total. The zero-order chi connectivity index (χ0) is 15.1. The Balaban J connectivity index is 0.00000242. The highest BCUT2D eigenvalue weighted by atomic mass is 127. The maximum atomic E-state index is 4.42. The van der Waals surface area contributed by atoms with Crippen molar-refractivity contribution in [2.24, 2.45) is 16.8 Å². The Bertz CT molecular complexity index is 450. The van der Waals surface area contributed by atoms with E-state index in [1.165, 1.54) is 17.1 Å². The number of guanidine groups is 1. The zero-order valence-corrected chi connectivity index (χ0v) is 16.9. The number of likely N-dealkylation sites (tertiary alicyclic amines) is 1. The van der Waals surface area contributed by atoms with Crippen LogP contribution >= 0.6 is 35.7 Å². The highest BCUT2D eigenvalue weighted by Crippen LogP contribution is 2.25. The fourth-order valence-corrected chi connectivity index (χ4v) is 3.57. The average molecular weight is 433 g/mol. The first-order valence-corrected chi connectivity index (χ1v) is 8.81. The van der Waals surface area contributed by atoms with Gasteiger partial charge in [-0.15, -0.1) is 35.7 Å². The summed E-state index contributed by atoms with van der Waals surface area (Å²) in [7, 11) is 1.88. The minimum Gasteiger partial charge on any atom is -0.356 e. The molecule has 5 heteroatoms. The first kappa shape index (κ1) is 19.6. The fraction of sp³-hybridized carbons (Fsp3) is 0.588. The molecule has 1 heterocycles. The smallest absolute Gasteiger partial charge is 0.193 e. The Hall–Kier alpha value is -0.430. The molecule has 0 saturated carbocycles. The molecule has 1 aliphatic rings. The second-order valence-corrected chi connectivity index (χ2v) is 7.14. The number of rotatable bonds is 5. The summed E-state index contributed by atoms with van der Waals surface area (Å²) in [5.41, 5.74) is 0. The van der Waals surface area contributed by atoms with Gasteiger partial charge in [0.15, 0.2) is 5.96 Å². The fourth-order valence-electron chi connectivity index (χ4n) is 2.52. The Kier molecular flexibility index (Phi) is 9.24. The summed E-state index contributed by atoms with van der Waals surface area (Å²) in [6, 6.07) is 10.7. The van der Waals surface area contributed by atoms with Crippen molar-refractivity contribution in [3.05, 3.63) is 30.3 Å². The summed E-state index contributed by atoms with van der Waals surface area (Å²) in [6.07, 6.45) is 1.27. The van der Waals surface area contributed by atoms with E-state index >= 15 is 0 Å². The van der Waals surface area contributed by atoms with Gasteiger partial charge in [0.2, 0.25) is 0 Å². The molecule has 1 unspecified atom stereocenters. The lowest BCUT2D eigenvalue weighted by Gasteiger charge is -2.22. The number of nitrogens with zero attached hydrogens (tertiary/aromatic N) is 2. The number of thioether (sulfide) groups is 1. The van der Waals surface area contributed by atoms with E-state index in [1.807, 2.05) is 18.8 Å². The van der Waals surface area contributed by atoms with Gasteiger partial charge in [0.1, 0.15) is 0 Å². The third kappa shape index (κ3) is 6.36. The van der Waals surface area contributed by atoms with Gasteiger partial charge in [0.25, 0.3) is 0 Å².